The molecular weight excluding hydrogens is 429 g/mol. The average molecular weight is 437 g/mol. The third-order valence-electron chi connectivity index (χ3n) is 4.66. The lowest BCUT2D eigenvalue weighted by Gasteiger charge is -2.19. The fourth-order valence-electron chi connectivity index (χ4n) is 3.28. The van der Waals surface area contributed by atoms with Gasteiger partial charge in [0.1, 0.15) is 22.6 Å². The molecule has 0 bridgehead atoms. The lowest BCUT2D eigenvalue weighted by atomic mass is 9.89. The highest BCUT2D eigenvalue weighted by atomic mass is 19.2. The molecular formula is C20H8F5NO5. The largest absolute Gasteiger partial charge is 0.505 e. The fraction of sp³-hybridized carbons (Fsp3) is 0. The van der Waals surface area contributed by atoms with Crippen molar-refractivity contribution < 1.29 is 41.4 Å². The SMILES string of the molecule is Nc1c(F)c(F)c(C(=O)O)c(-c2c3cc(F)c(=O)cc-3oc3cc(O)c(F)cc23)c1F. The molecule has 0 saturated heterocycles. The number of benzene rings is 3. The third-order valence-corrected chi connectivity index (χ3v) is 4.66. The van der Waals surface area contributed by atoms with Gasteiger partial charge in [-0.15, -0.1) is 0 Å². The van der Waals surface area contributed by atoms with Crippen LogP contribution in [-0.2, 0) is 0 Å². The highest BCUT2D eigenvalue weighted by Gasteiger charge is 2.32. The molecule has 4 rings (SSSR count). The number of hydrogen-bond acceptors (Lipinski definition) is 5. The summed E-state index contributed by atoms with van der Waals surface area (Å²) in [5.41, 5.74) is -1.42. The zero-order valence-electron chi connectivity index (χ0n) is 14.9. The summed E-state index contributed by atoms with van der Waals surface area (Å²) in [6.07, 6.45) is 0. The number of anilines is 1. The minimum absolute atomic E-state index is 0.397. The van der Waals surface area contributed by atoms with Crippen molar-refractivity contribution in [2.24, 2.45) is 0 Å². The number of nitrogen functional groups attached to an aromatic ring is 1. The van der Waals surface area contributed by atoms with E-state index in [0.29, 0.717) is 18.2 Å². The molecule has 2 aromatic rings. The molecule has 1 aliphatic carbocycles. The maximum atomic E-state index is 15.0. The molecule has 2 aromatic carbocycles. The van der Waals surface area contributed by atoms with Crippen molar-refractivity contribution >= 4 is 22.6 Å². The van der Waals surface area contributed by atoms with Crippen molar-refractivity contribution in [3.05, 3.63) is 69.1 Å². The number of rotatable bonds is 2. The summed E-state index contributed by atoms with van der Waals surface area (Å²) < 4.78 is 76.9. The summed E-state index contributed by atoms with van der Waals surface area (Å²) in [6, 6.07) is 2.50. The molecule has 0 amide bonds. The molecule has 0 spiro atoms. The molecule has 6 nitrogen and oxygen atoms in total. The van der Waals surface area contributed by atoms with Crippen LogP contribution in [0.15, 0.2) is 33.5 Å². The molecule has 0 fully saturated rings. The van der Waals surface area contributed by atoms with E-state index in [1.54, 1.807) is 0 Å². The first kappa shape index (κ1) is 20.1. The molecule has 4 N–H and O–H groups in total. The highest BCUT2D eigenvalue weighted by Crippen LogP contribution is 2.45. The number of carboxylic acids is 1. The van der Waals surface area contributed by atoms with E-state index < -0.39 is 90.9 Å². The lowest BCUT2D eigenvalue weighted by Crippen LogP contribution is -2.13. The van der Waals surface area contributed by atoms with Gasteiger partial charge in [-0.1, -0.05) is 0 Å². The van der Waals surface area contributed by atoms with Crippen LogP contribution in [0.2, 0.25) is 0 Å². The monoisotopic (exact) mass is 437 g/mol. The van der Waals surface area contributed by atoms with Crippen LogP contribution in [0, 0.1) is 29.1 Å². The Hall–Kier alpha value is -4.15. The van der Waals surface area contributed by atoms with Gasteiger partial charge in [0.25, 0.3) is 0 Å². The molecule has 0 saturated carbocycles. The maximum absolute atomic E-state index is 15.0. The van der Waals surface area contributed by atoms with Crippen LogP contribution in [0.3, 0.4) is 0 Å². The topological polar surface area (TPSA) is 114 Å². The van der Waals surface area contributed by atoms with Crippen molar-refractivity contribution in [1.29, 1.82) is 0 Å². The van der Waals surface area contributed by atoms with Gasteiger partial charge in [0.05, 0.1) is 0 Å². The predicted octanol–water partition coefficient (Wildman–Crippen LogP) is 4.25. The molecule has 0 aromatic heterocycles. The number of nitrogens with two attached hydrogens (primary N) is 1. The van der Waals surface area contributed by atoms with Gasteiger partial charge in [0.2, 0.25) is 5.43 Å². The predicted molar refractivity (Wildman–Crippen MR) is 97.4 cm³/mol. The summed E-state index contributed by atoms with van der Waals surface area (Å²) in [7, 11) is 0. The number of carbonyl (C=O) groups is 1. The number of aromatic hydroxyl groups is 1. The maximum Gasteiger partial charge on any atom is 0.339 e. The van der Waals surface area contributed by atoms with Gasteiger partial charge in [0.15, 0.2) is 34.8 Å². The Labute approximate surface area is 167 Å². The van der Waals surface area contributed by atoms with Crippen LogP contribution in [-0.4, -0.2) is 16.2 Å². The quantitative estimate of drug-likeness (QED) is 0.187. The zero-order chi connectivity index (χ0) is 22.8. The van der Waals surface area contributed by atoms with Crippen LogP contribution in [0.1, 0.15) is 10.4 Å². The number of halogens is 5. The van der Waals surface area contributed by atoms with Crippen LogP contribution < -0.4 is 11.2 Å². The van der Waals surface area contributed by atoms with E-state index in [1.165, 1.54) is 0 Å². The van der Waals surface area contributed by atoms with E-state index in [-0.39, 0.29) is 0 Å². The van der Waals surface area contributed by atoms with Crippen molar-refractivity contribution in [3.63, 3.8) is 0 Å². The molecule has 2 aliphatic rings. The molecule has 0 radical (unpaired) electrons. The van der Waals surface area contributed by atoms with Gasteiger partial charge in [-0.05, 0) is 12.1 Å². The molecule has 158 valence electrons. The van der Waals surface area contributed by atoms with Crippen molar-refractivity contribution in [1.82, 2.24) is 0 Å². The Bertz CT molecular complexity index is 1460. The normalized spacial score (nSPS) is 11.4. The summed E-state index contributed by atoms with van der Waals surface area (Å²) in [5.74, 6) is -11.8. The molecule has 0 atom stereocenters. The van der Waals surface area contributed by atoms with Crippen LogP contribution in [0.25, 0.3) is 33.4 Å². The number of phenols is 1. The third kappa shape index (κ3) is 2.85. The summed E-state index contributed by atoms with van der Waals surface area (Å²) in [5, 5.41) is 18.6. The van der Waals surface area contributed by atoms with E-state index in [0.717, 1.165) is 6.07 Å². The molecule has 11 heteroatoms. The minimum atomic E-state index is -2.10. The number of carboxylic acid groups (broad SMARTS) is 1. The van der Waals surface area contributed by atoms with Crippen molar-refractivity contribution in [2.45, 2.75) is 0 Å². The Kier molecular flexibility index (Phi) is 4.35. The van der Waals surface area contributed by atoms with E-state index in [4.69, 9.17) is 10.2 Å². The Morgan fingerprint density at radius 1 is 0.903 bits per heavy atom. The Morgan fingerprint density at radius 2 is 1.58 bits per heavy atom. The van der Waals surface area contributed by atoms with E-state index in [2.05, 4.69) is 0 Å². The fourth-order valence-corrected chi connectivity index (χ4v) is 3.28. The van der Waals surface area contributed by atoms with Crippen molar-refractivity contribution in [3.8, 4) is 28.2 Å². The average Bonchev–Trinajstić information content (AvgIpc) is 2.70. The Balaban J connectivity index is 2.36. The van der Waals surface area contributed by atoms with Gasteiger partial charge in [-0.25, -0.2) is 26.7 Å². The molecule has 1 aliphatic heterocycles. The van der Waals surface area contributed by atoms with Gasteiger partial charge >= 0.3 is 5.97 Å². The molecule has 0 unspecified atom stereocenters. The highest BCUT2D eigenvalue weighted by molar-refractivity contribution is 6.08. The van der Waals surface area contributed by atoms with Gasteiger partial charge in [0, 0.05) is 34.2 Å². The van der Waals surface area contributed by atoms with Gasteiger partial charge < -0.3 is 20.4 Å². The summed E-state index contributed by atoms with van der Waals surface area (Å²) >= 11 is 0. The number of fused-ring (bicyclic) bond motifs is 2. The first-order valence-electron chi connectivity index (χ1n) is 8.31. The first-order chi connectivity index (χ1) is 14.5. The second-order valence-corrected chi connectivity index (χ2v) is 6.47. The number of hydrogen-bond donors (Lipinski definition) is 3. The van der Waals surface area contributed by atoms with Crippen LogP contribution in [0.5, 0.6) is 5.75 Å². The smallest absolute Gasteiger partial charge is 0.339 e. The van der Waals surface area contributed by atoms with Gasteiger partial charge in [-0.3, -0.25) is 4.79 Å². The van der Waals surface area contributed by atoms with Crippen LogP contribution >= 0.6 is 0 Å². The first-order valence-corrected chi connectivity index (χ1v) is 8.31. The van der Waals surface area contributed by atoms with E-state index in [9.17, 15) is 37.4 Å². The second kappa shape index (κ2) is 6.69. The van der Waals surface area contributed by atoms with Crippen LogP contribution in [0.4, 0.5) is 27.6 Å². The summed E-state index contributed by atoms with van der Waals surface area (Å²) in [6.45, 7) is 0. The van der Waals surface area contributed by atoms with E-state index >= 15 is 4.39 Å². The van der Waals surface area contributed by atoms with Crippen molar-refractivity contribution in [2.75, 3.05) is 5.73 Å². The molecule has 31 heavy (non-hydrogen) atoms. The lowest BCUT2D eigenvalue weighted by molar-refractivity contribution is 0.0691. The second-order valence-electron chi connectivity index (χ2n) is 6.47. The summed E-state index contributed by atoms with van der Waals surface area (Å²) in [4.78, 5) is 23.4. The Morgan fingerprint density at radius 3 is 2.23 bits per heavy atom. The molecule has 1 heterocycles. The zero-order valence-corrected chi connectivity index (χ0v) is 14.9. The van der Waals surface area contributed by atoms with Gasteiger partial charge in [-0.2, -0.15) is 0 Å². The number of aromatic carboxylic acids is 1. The minimum Gasteiger partial charge on any atom is -0.505 e. The van der Waals surface area contributed by atoms with E-state index in [1.807, 2.05) is 0 Å². The standard InChI is InChI=1S/C20H8F5NO5/c21-7-1-5-11(3-9(7)27)31-12-4-10(28)8(22)2-6(12)13(5)14-15(20(29)30)16(23)18(25)19(26)17(14)24/h1-4,27H,26H2,(H,29,30). The number of phenolic OH excluding ortho intramolecular Hbond substituents is 1.